The summed E-state index contributed by atoms with van der Waals surface area (Å²) in [5, 5.41) is 11.6. The number of ether oxygens (including phenoxy) is 2. The van der Waals surface area contributed by atoms with Crippen LogP contribution < -0.4 is 14.8 Å². The van der Waals surface area contributed by atoms with Crippen molar-refractivity contribution < 1.29 is 14.3 Å². The van der Waals surface area contributed by atoms with E-state index < -0.39 is 0 Å². The third-order valence-corrected chi connectivity index (χ3v) is 5.46. The van der Waals surface area contributed by atoms with Gasteiger partial charge in [-0.3, -0.25) is 14.7 Å². The van der Waals surface area contributed by atoms with E-state index in [0.717, 1.165) is 61.3 Å². The molecule has 0 fully saturated rings. The second kappa shape index (κ2) is 9.57. The number of amides is 1. The van der Waals surface area contributed by atoms with Gasteiger partial charge in [-0.2, -0.15) is 0 Å². The van der Waals surface area contributed by atoms with E-state index in [4.69, 9.17) is 9.47 Å². The van der Waals surface area contributed by atoms with Crippen molar-refractivity contribution >= 4 is 5.91 Å². The van der Waals surface area contributed by atoms with Crippen molar-refractivity contribution in [1.82, 2.24) is 30.0 Å². The molecule has 1 aliphatic rings. The lowest BCUT2D eigenvalue weighted by Gasteiger charge is -2.22. The monoisotopic (exact) mass is 422 g/mol. The highest BCUT2D eigenvalue weighted by Gasteiger charge is 2.21. The molecule has 0 saturated carbocycles. The minimum Gasteiger partial charge on any atom is -0.496 e. The molecule has 1 N–H and O–H groups in total. The quantitative estimate of drug-likeness (QED) is 0.619. The van der Waals surface area contributed by atoms with Crippen molar-refractivity contribution in [1.29, 1.82) is 0 Å². The summed E-state index contributed by atoms with van der Waals surface area (Å²) in [5.74, 6) is 3.18. The molecule has 0 aliphatic carbocycles. The minimum atomic E-state index is -0.154. The number of methoxy groups -OCH3 is 2. The van der Waals surface area contributed by atoms with E-state index in [1.807, 2.05) is 18.2 Å². The lowest BCUT2D eigenvalue weighted by atomic mass is 10.1. The third-order valence-electron chi connectivity index (χ3n) is 5.46. The largest absolute Gasteiger partial charge is 0.496 e. The van der Waals surface area contributed by atoms with Crippen LogP contribution in [0.3, 0.4) is 0 Å². The first-order valence-electron chi connectivity index (χ1n) is 10.2. The van der Waals surface area contributed by atoms with Crippen LogP contribution in [0.1, 0.15) is 27.6 Å². The smallest absolute Gasteiger partial charge is 0.251 e. The highest BCUT2D eigenvalue weighted by molar-refractivity contribution is 5.93. The van der Waals surface area contributed by atoms with E-state index in [-0.39, 0.29) is 5.91 Å². The molecule has 1 amide bonds. The number of benzene rings is 1. The molecule has 3 heterocycles. The molecule has 1 aromatic carbocycles. The first-order chi connectivity index (χ1) is 15.2. The van der Waals surface area contributed by atoms with Gasteiger partial charge in [0, 0.05) is 50.6 Å². The summed E-state index contributed by atoms with van der Waals surface area (Å²) in [5.41, 5.74) is 1.61. The Hall–Kier alpha value is -3.46. The van der Waals surface area contributed by atoms with Crippen LogP contribution in [0.25, 0.3) is 0 Å². The number of hydrogen-bond acceptors (Lipinski definition) is 7. The average Bonchev–Trinajstić information content (AvgIpc) is 3.09. The molecule has 0 spiro atoms. The summed E-state index contributed by atoms with van der Waals surface area (Å²) < 4.78 is 13.2. The number of nitrogens with zero attached hydrogens (tertiary/aromatic N) is 5. The predicted molar refractivity (Wildman–Crippen MR) is 114 cm³/mol. The van der Waals surface area contributed by atoms with Gasteiger partial charge in [-0.1, -0.05) is 6.07 Å². The molecule has 9 nitrogen and oxygen atoms in total. The molecule has 0 unspecified atom stereocenters. The Morgan fingerprint density at radius 3 is 2.48 bits per heavy atom. The van der Waals surface area contributed by atoms with Gasteiger partial charge in [-0.05, 0) is 24.3 Å². The van der Waals surface area contributed by atoms with Gasteiger partial charge >= 0.3 is 0 Å². The van der Waals surface area contributed by atoms with Gasteiger partial charge in [0.15, 0.2) is 5.82 Å². The van der Waals surface area contributed by atoms with Crippen molar-refractivity contribution in [2.24, 2.45) is 0 Å². The Balaban J connectivity index is 1.41. The fourth-order valence-electron chi connectivity index (χ4n) is 3.79. The predicted octanol–water partition coefficient (Wildman–Crippen LogP) is 1.68. The maximum atomic E-state index is 12.3. The number of hydrogen-bond donors (Lipinski definition) is 1. The summed E-state index contributed by atoms with van der Waals surface area (Å²) in [6.45, 7) is 3.48. The third kappa shape index (κ3) is 4.66. The SMILES string of the molecule is COc1cccc(OC)c1CN1CCc2nnc(CNC(=O)c3ccncc3)n2CC1. The van der Waals surface area contributed by atoms with Gasteiger partial charge in [-0.25, -0.2) is 0 Å². The number of fused-ring (bicyclic) bond motifs is 1. The Kier molecular flexibility index (Phi) is 6.42. The van der Waals surface area contributed by atoms with Crippen LogP contribution in [0.15, 0.2) is 42.7 Å². The van der Waals surface area contributed by atoms with Crippen LogP contribution in [0, 0.1) is 0 Å². The number of aromatic nitrogens is 4. The summed E-state index contributed by atoms with van der Waals surface area (Å²) >= 11 is 0. The molecule has 0 radical (unpaired) electrons. The number of carbonyl (C=O) groups is 1. The molecule has 31 heavy (non-hydrogen) atoms. The average molecular weight is 422 g/mol. The normalized spacial score (nSPS) is 13.9. The van der Waals surface area contributed by atoms with Crippen LogP contribution >= 0.6 is 0 Å². The van der Waals surface area contributed by atoms with E-state index in [1.165, 1.54) is 0 Å². The molecule has 0 bridgehead atoms. The lowest BCUT2D eigenvalue weighted by molar-refractivity contribution is 0.0949. The molecule has 4 rings (SSSR count). The van der Waals surface area contributed by atoms with Crippen LogP contribution in [-0.4, -0.2) is 57.9 Å². The highest BCUT2D eigenvalue weighted by Crippen LogP contribution is 2.30. The van der Waals surface area contributed by atoms with E-state index in [0.29, 0.717) is 12.1 Å². The zero-order valence-corrected chi connectivity index (χ0v) is 17.7. The Morgan fingerprint density at radius 1 is 1.03 bits per heavy atom. The fraction of sp³-hybridized carbons (Fsp3) is 0.364. The van der Waals surface area contributed by atoms with Crippen molar-refractivity contribution in [2.75, 3.05) is 27.3 Å². The van der Waals surface area contributed by atoms with Crippen molar-refractivity contribution in [3.63, 3.8) is 0 Å². The van der Waals surface area contributed by atoms with Crippen LogP contribution in [0.2, 0.25) is 0 Å². The molecule has 0 saturated heterocycles. The topological polar surface area (TPSA) is 94.4 Å². The van der Waals surface area contributed by atoms with Gasteiger partial charge in [-0.15, -0.1) is 10.2 Å². The number of carbonyl (C=O) groups excluding carboxylic acids is 1. The first kappa shape index (κ1) is 20.8. The molecular formula is C22H26N6O3. The van der Waals surface area contributed by atoms with E-state index in [2.05, 4.69) is 30.0 Å². The van der Waals surface area contributed by atoms with Crippen molar-refractivity contribution in [2.45, 2.75) is 26.1 Å². The van der Waals surface area contributed by atoms with E-state index in [9.17, 15) is 4.79 Å². The fourth-order valence-corrected chi connectivity index (χ4v) is 3.79. The molecule has 0 atom stereocenters. The summed E-state index contributed by atoms with van der Waals surface area (Å²) in [4.78, 5) is 18.6. The molecule has 162 valence electrons. The second-order valence-corrected chi connectivity index (χ2v) is 7.27. The lowest BCUT2D eigenvalue weighted by Crippen LogP contribution is -2.28. The van der Waals surface area contributed by atoms with Gasteiger partial charge in [0.2, 0.25) is 0 Å². The zero-order valence-electron chi connectivity index (χ0n) is 17.7. The van der Waals surface area contributed by atoms with Gasteiger partial charge in [0.25, 0.3) is 5.91 Å². The Bertz CT molecular complexity index is 1010. The standard InChI is InChI=1S/C22H26N6O3/c1-30-18-4-3-5-19(31-2)17(18)15-27-11-8-20-25-26-21(28(20)13-12-27)14-24-22(29)16-6-9-23-10-7-16/h3-7,9-10H,8,11-15H2,1-2H3,(H,24,29). The summed E-state index contributed by atoms with van der Waals surface area (Å²) in [6.07, 6.45) is 3.98. The molecule has 1 aliphatic heterocycles. The zero-order chi connectivity index (χ0) is 21.6. The molecule has 2 aromatic heterocycles. The maximum absolute atomic E-state index is 12.3. The van der Waals surface area contributed by atoms with E-state index in [1.54, 1.807) is 38.7 Å². The summed E-state index contributed by atoms with van der Waals surface area (Å²) in [6, 6.07) is 9.20. The first-order valence-corrected chi connectivity index (χ1v) is 10.2. The van der Waals surface area contributed by atoms with E-state index >= 15 is 0 Å². The van der Waals surface area contributed by atoms with Gasteiger partial charge in [0.1, 0.15) is 17.3 Å². The molecular weight excluding hydrogens is 396 g/mol. The number of rotatable bonds is 7. The van der Waals surface area contributed by atoms with Gasteiger partial charge < -0.3 is 19.4 Å². The van der Waals surface area contributed by atoms with Crippen LogP contribution in [0.4, 0.5) is 0 Å². The van der Waals surface area contributed by atoms with Gasteiger partial charge in [0.05, 0.1) is 26.3 Å². The Labute approximate surface area is 181 Å². The van der Waals surface area contributed by atoms with Crippen molar-refractivity contribution in [3.05, 3.63) is 65.5 Å². The molecule has 9 heteroatoms. The number of nitrogens with one attached hydrogen (secondary N) is 1. The summed E-state index contributed by atoms with van der Waals surface area (Å²) in [7, 11) is 3.35. The number of pyridine rings is 1. The van der Waals surface area contributed by atoms with Crippen LogP contribution in [0.5, 0.6) is 11.5 Å². The van der Waals surface area contributed by atoms with Crippen LogP contribution in [-0.2, 0) is 26.1 Å². The molecule has 3 aromatic rings. The Morgan fingerprint density at radius 2 is 1.77 bits per heavy atom. The minimum absolute atomic E-state index is 0.154. The maximum Gasteiger partial charge on any atom is 0.251 e. The second-order valence-electron chi connectivity index (χ2n) is 7.27. The highest BCUT2D eigenvalue weighted by atomic mass is 16.5. The van der Waals surface area contributed by atoms with Crippen molar-refractivity contribution in [3.8, 4) is 11.5 Å².